The third-order valence-electron chi connectivity index (χ3n) is 0.704. The Labute approximate surface area is 41.8 Å². The summed E-state index contributed by atoms with van der Waals surface area (Å²) in [5.74, 6) is 0. The van der Waals surface area contributed by atoms with Crippen molar-refractivity contribution >= 4 is 0 Å². The highest BCUT2D eigenvalue weighted by atomic mass is 15.1. The van der Waals surface area contributed by atoms with Crippen LogP contribution in [0.4, 0.5) is 0 Å². The molecule has 2 N–H and O–H groups in total. The van der Waals surface area contributed by atoms with Crippen LogP contribution in [0.15, 0.2) is 12.4 Å². The number of nitrogens with zero attached hydrogens (tertiary/aromatic N) is 2. The molecular formula is C4H6N3. The summed E-state index contributed by atoms with van der Waals surface area (Å²) in [7, 11) is 0. The molecule has 0 aromatic carbocycles. The van der Waals surface area contributed by atoms with Gasteiger partial charge in [-0.3, -0.25) is 0 Å². The summed E-state index contributed by atoms with van der Waals surface area (Å²) in [5, 5.41) is 0. The second kappa shape index (κ2) is 1.75. The molecule has 1 aromatic rings. The molecule has 1 radical (unpaired) electrons. The van der Waals surface area contributed by atoms with Crippen molar-refractivity contribution in [2.24, 2.45) is 5.73 Å². The molecule has 0 amide bonds. The van der Waals surface area contributed by atoms with E-state index < -0.39 is 0 Å². The minimum absolute atomic E-state index is 0.458. The van der Waals surface area contributed by atoms with Crippen LogP contribution >= 0.6 is 0 Å². The molecule has 1 aromatic heterocycles. The van der Waals surface area contributed by atoms with Crippen LogP contribution in [0.3, 0.4) is 0 Å². The molecule has 0 unspecified atom stereocenters. The maximum atomic E-state index is 5.19. The van der Waals surface area contributed by atoms with Gasteiger partial charge in [0, 0.05) is 12.4 Å². The lowest BCUT2D eigenvalue weighted by molar-refractivity contribution is 0.725. The minimum atomic E-state index is 0.458. The van der Waals surface area contributed by atoms with Crippen molar-refractivity contribution in [2.45, 2.75) is 6.67 Å². The van der Waals surface area contributed by atoms with Crippen LogP contribution in [-0.2, 0) is 6.67 Å². The molecule has 0 aliphatic rings. The van der Waals surface area contributed by atoms with Crippen molar-refractivity contribution in [2.75, 3.05) is 0 Å². The average Bonchev–Trinajstić information content (AvgIpc) is 2.14. The molecule has 0 atom stereocenters. The summed E-state index contributed by atoms with van der Waals surface area (Å²) in [4.78, 5) is 3.65. The molecule has 3 heteroatoms. The summed E-state index contributed by atoms with van der Waals surface area (Å²) in [6.45, 7) is 0.458. The maximum absolute atomic E-state index is 5.19. The molecular weight excluding hydrogens is 90.1 g/mol. The second-order valence-electron chi connectivity index (χ2n) is 1.18. The van der Waals surface area contributed by atoms with Gasteiger partial charge in [-0.1, -0.05) is 0 Å². The smallest absolute Gasteiger partial charge is 0.177 e. The quantitative estimate of drug-likeness (QED) is 0.517. The third kappa shape index (κ3) is 0.778. The highest BCUT2D eigenvalue weighted by Crippen LogP contribution is 1.76. The number of hydrogen-bond acceptors (Lipinski definition) is 2. The lowest BCUT2D eigenvalue weighted by Gasteiger charge is -1.87. The Bertz CT molecular complexity index is 121. The Balaban J connectivity index is 2.76. The van der Waals surface area contributed by atoms with Crippen LogP contribution in [0.1, 0.15) is 0 Å². The largest absolute Gasteiger partial charge is 0.315 e. The van der Waals surface area contributed by atoms with Crippen LogP contribution in [0, 0.1) is 6.33 Å². The molecule has 0 fully saturated rings. The van der Waals surface area contributed by atoms with Crippen LogP contribution in [0.5, 0.6) is 0 Å². The first kappa shape index (κ1) is 4.33. The molecule has 0 aliphatic heterocycles. The standard InChI is InChI=1S/C4H6N3/c5-3-7-2-1-6-4-7/h1-2H,3,5H2. The fourth-order valence-electron chi connectivity index (χ4n) is 0.356. The van der Waals surface area contributed by atoms with E-state index in [9.17, 15) is 0 Å². The van der Waals surface area contributed by atoms with E-state index in [0.29, 0.717) is 6.67 Å². The Hall–Kier alpha value is -0.830. The predicted molar refractivity (Wildman–Crippen MR) is 25.3 cm³/mol. The Kier molecular flexibility index (Phi) is 1.08. The molecule has 0 spiro atoms. The molecule has 37 valence electrons. The average molecular weight is 96.1 g/mol. The van der Waals surface area contributed by atoms with Gasteiger partial charge in [0.05, 0.1) is 6.67 Å². The van der Waals surface area contributed by atoms with E-state index >= 15 is 0 Å². The Morgan fingerprint density at radius 2 is 2.71 bits per heavy atom. The van der Waals surface area contributed by atoms with E-state index in [1.54, 1.807) is 17.0 Å². The monoisotopic (exact) mass is 96.1 g/mol. The first-order chi connectivity index (χ1) is 3.43. The van der Waals surface area contributed by atoms with Gasteiger partial charge in [0.1, 0.15) is 0 Å². The van der Waals surface area contributed by atoms with Crippen LogP contribution < -0.4 is 5.73 Å². The third-order valence-corrected chi connectivity index (χ3v) is 0.704. The normalized spacial score (nSPS) is 9.29. The number of rotatable bonds is 1. The molecule has 0 saturated heterocycles. The van der Waals surface area contributed by atoms with Crippen molar-refractivity contribution < 1.29 is 0 Å². The minimum Gasteiger partial charge on any atom is -0.315 e. The first-order valence-electron chi connectivity index (χ1n) is 2.02. The van der Waals surface area contributed by atoms with Crippen molar-refractivity contribution in [3.05, 3.63) is 18.7 Å². The maximum Gasteiger partial charge on any atom is 0.177 e. The van der Waals surface area contributed by atoms with Gasteiger partial charge >= 0.3 is 0 Å². The zero-order chi connectivity index (χ0) is 5.11. The van der Waals surface area contributed by atoms with Gasteiger partial charge in [0.25, 0.3) is 0 Å². The van der Waals surface area contributed by atoms with Crippen LogP contribution in [0.25, 0.3) is 0 Å². The van der Waals surface area contributed by atoms with E-state index in [2.05, 4.69) is 11.3 Å². The zero-order valence-electron chi connectivity index (χ0n) is 3.83. The van der Waals surface area contributed by atoms with Gasteiger partial charge in [-0.05, 0) is 0 Å². The van der Waals surface area contributed by atoms with Crippen molar-refractivity contribution in [3.8, 4) is 0 Å². The van der Waals surface area contributed by atoms with Gasteiger partial charge in [-0.2, -0.15) is 0 Å². The SMILES string of the molecule is NCn1[c]ncc1. The van der Waals surface area contributed by atoms with Gasteiger partial charge in [-0.25, -0.2) is 4.98 Å². The highest BCUT2D eigenvalue weighted by molar-refractivity contribution is 4.70. The molecule has 3 nitrogen and oxygen atoms in total. The molecule has 0 bridgehead atoms. The summed E-state index contributed by atoms with van der Waals surface area (Å²) in [5.41, 5.74) is 5.19. The first-order valence-corrected chi connectivity index (χ1v) is 2.02. The van der Waals surface area contributed by atoms with Crippen molar-refractivity contribution in [1.29, 1.82) is 0 Å². The number of hydrogen-bond donors (Lipinski definition) is 1. The molecule has 0 aliphatic carbocycles. The number of nitrogens with two attached hydrogens (primary N) is 1. The fourth-order valence-corrected chi connectivity index (χ4v) is 0.356. The summed E-state index contributed by atoms with van der Waals surface area (Å²) < 4.78 is 1.67. The highest BCUT2D eigenvalue weighted by Gasteiger charge is 1.78. The zero-order valence-corrected chi connectivity index (χ0v) is 3.83. The topological polar surface area (TPSA) is 43.8 Å². The predicted octanol–water partition coefficient (Wildman–Crippen LogP) is -0.401. The van der Waals surface area contributed by atoms with E-state index in [1.165, 1.54) is 0 Å². The molecule has 7 heavy (non-hydrogen) atoms. The number of imidazole rings is 1. The Morgan fingerprint density at radius 3 is 3.00 bits per heavy atom. The lowest BCUT2D eigenvalue weighted by atomic mass is 10.9. The van der Waals surface area contributed by atoms with Crippen molar-refractivity contribution in [3.63, 3.8) is 0 Å². The van der Waals surface area contributed by atoms with Gasteiger partial charge < -0.3 is 10.3 Å². The second-order valence-corrected chi connectivity index (χ2v) is 1.18. The van der Waals surface area contributed by atoms with Crippen molar-refractivity contribution in [1.82, 2.24) is 9.55 Å². The fraction of sp³-hybridized carbons (Fsp3) is 0.250. The molecule has 1 rings (SSSR count). The molecule has 1 heterocycles. The number of aromatic nitrogens is 2. The van der Waals surface area contributed by atoms with Gasteiger partial charge in [0.15, 0.2) is 6.33 Å². The van der Waals surface area contributed by atoms with Gasteiger partial charge in [0.2, 0.25) is 0 Å². The van der Waals surface area contributed by atoms with E-state index in [0.717, 1.165) is 0 Å². The summed E-state index contributed by atoms with van der Waals surface area (Å²) in [6, 6.07) is 0. The van der Waals surface area contributed by atoms with E-state index in [1.807, 2.05) is 0 Å². The van der Waals surface area contributed by atoms with E-state index in [4.69, 9.17) is 5.73 Å². The Morgan fingerprint density at radius 1 is 1.86 bits per heavy atom. The summed E-state index contributed by atoms with van der Waals surface area (Å²) >= 11 is 0. The lowest BCUT2D eigenvalue weighted by Crippen LogP contribution is -2.03. The van der Waals surface area contributed by atoms with E-state index in [-0.39, 0.29) is 0 Å². The summed E-state index contributed by atoms with van der Waals surface area (Å²) in [6.07, 6.45) is 6.04. The van der Waals surface area contributed by atoms with Crippen LogP contribution in [0.2, 0.25) is 0 Å². The van der Waals surface area contributed by atoms with Gasteiger partial charge in [-0.15, -0.1) is 0 Å². The van der Waals surface area contributed by atoms with Crippen LogP contribution in [-0.4, -0.2) is 9.55 Å². The molecule has 0 saturated carbocycles.